The van der Waals surface area contributed by atoms with Crippen molar-refractivity contribution in [2.45, 2.75) is 38.0 Å². The summed E-state index contributed by atoms with van der Waals surface area (Å²) in [6.45, 7) is 2.72. The molecule has 3 atom stereocenters. The first-order valence-corrected chi connectivity index (χ1v) is 6.77. The van der Waals surface area contributed by atoms with E-state index in [1.165, 1.54) is 0 Å². The molecule has 1 heterocycles. The Hall–Kier alpha value is -1.39. The number of carbonyl (C=O) groups is 1. The maximum atomic E-state index is 12.3. The average molecular weight is 262 g/mol. The van der Waals surface area contributed by atoms with E-state index in [9.17, 15) is 4.79 Å². The summed E-state index contributed by atoms with van der Waals surface area (Å²) in [5.74, 6) is -0.00815. The molecule has 0 saturated carbocycles. The van der Waals surface area contributed by atoms with Gasteiger partial charge < -0.3 is 15.4 Å². The third-order valence-corrected chi connectivity index (χ3v) is 3.80. The molecule has 4 nitrogen and oxygen atoms in total. The van der Waals surface area contributed by atoms with Crippen molar-refractivity contribution in [3.05, 3.63) is 35.9 Å². The number of carbonyl (C=O) groups excluding carboxylic acids is 1. The maximum Gasteiger partial charge on any atom is 0.239 e. The summed E-state index contributed by atoms with van der Waals surface area (Å²) in [6.07, 6.45) is 1.56. The molecule has 0 aliphatic carbocycles. The molecule has 0 spiro atoms. The van der Waals surface area contributed by atoms with Crippen LogP contribution in [0.4, 0.5) is 0 Å². The van der Waals surface area contributed by atoms with Gasteiger partial charge in [-0.25, -0.2) is 0 Å². The molecule has 0 radical (unpaired) electrons. The lowest BCUT2D eigenvalue weighted by Crippen LogP contribution is -2.49. The Morgan fingerprint density at radius 3 is 2.74 bits per heavy atom. The van der Waals surface area contributed by atoms with Crippen molar-refractivity contribution in [2.24, 2.45) is 5.73 Å². The van der Waals surface area contributed by atoms with Crippen LogP contribution >= 0.6 is 0 Å². The van der Waals surface area contributed by atoms with Crippen LogP contribution in [0.5, 0.6) is 0 Å². The zero-order chi connectivity index (χ0) is 13.8. The second kappa shape index (κ2) is 6.17. The average Bonchev–Trinajstić information content (AvgIpc) is 2.84. The minimum absolute atomic E-state index is 0.00815. The Balaban J connectivity index is 1.95. The van der Waals surface area contributed by atoms with Crippen LogP contribution in [0.2, 0.25) is 0 Å². The molecule has 1 fully saturated rings. The highest BCUT2D eigenvalue weighted by Crippen LogP contribution is 2.19. The molecule has 104 valence electrons. The molecule has 2 N–H and O–H groups in total. The van der Waals surface area contributed by atoms with Crippen LogP contribution in [-0.4, -0.2) is 42.6 Å². The molecule has 1 aromatic carbocycles. The van der Waals surface area contributed by atoms with E-state index in [-0.39, 0.29) is 18.1 Å². The summed E-state index contributed by atoms with van der Waals surface area (Å²) in [6, 6.07) is 9.53. The van der Waals surface area contributed by atoms with Crippen molar-refractivity contribution in [1.82, 2.24) is 4.90 Å². The second-order valence-corrected chi connectivity index (χ2v) is 5.18. The highest BCUT2D eigenvalue weighted by Gasteiger charge is 2.32. The first-order chi connectivity index (χ1) is 9.09. The minimum Gasteiger partial charge on any atom is -0.376 e. The van der Waals surface area contributed by atoms with Crippen molar-refractivity contribution in [2.75, 3.05) is 13.7 Å². The van der Waals surface area contributed by atoms with Gasteiger partial charge in [0.15, 0.2) is 0 Å². The molecule has 1 saturated heterocycles. The van der Waals surface area contributed by atoms with E-state index in [1.54, 1.807) is 4.90 Å². The summed E-state index contributed by atoms with van der Waals surface area (Å²) >= 11 is 0. The highest BCUT2D eigenvalue weighted by molar-refractivity contribution is 5.82. The predicted molar refractivity (Wildman–Crippen MR) is 74.7 cm³/mol. The number of amides is 1. The lowest BCUT2D eigenvalue weighted by molar-refractivity contribution is -0.134. The number of benzene rings is 1. The molecule has 2 unspecified atom stereocenters. The number of nitrogens with two attached hydrogens (primary N) is 1. The zero-order valence-corrected chi connectivity index (χ0v) is 11.6. The summed E-state index contributed by atoms with van der Waals surface area (Å²) < 4.78 is 5.50. The standard InChI is InChI=1S/C15H22N2O2/c1-11-14(8-9-19-11)17(2)15(18)13(16)10-12-6-4-3-5-7-12/h3-7,11,13-14H,8-10,16H2,1-2H3/t11?,13-,14?/m1/s1. The quantitative estimate of drug-likeness (QED) is 0.887. The van der Waals surface area contributed by atoms with Crippen molar-refractivity contribution in [3.8, 4) is 0 Å². The lowest BCUT2D eigenvalue weighted by Gasteiger charge is -2.29. The first-order valence-electron chi connectivity index (χ1n) is 6.77. The van der Waals surface area contributed by atoms with Gasteiger partial charge in [-0.1, -0.05) is 30.3 Å². The number of hydrogen-bond donors (Lipinski definition) is 1. The summed E-state index contributed by atoms with van der Waals surface area (Å²) in [5.41, 5.74) is 7.12. The third kappa shape index (κ3) is 3.33. The topological polar surface area (TPSA) is 55.6 Å². The molecular formula is C15H22N2O2. The second-order valence-electron chi connectivity index (χ2n) is 5.18. The lowest BCUT2D eigenvalue weighted by atomic mass is 10.0. The van der Waals surface area contributed by atoms with Crippen molar-refractivity contribution in [1.29, 1.82) is 0 Å². The third-order valence-electron chi connectivity index (χ3n) is 3.80. The molecule has 0 bridgehead atoms. The normalized spacial score (nSPS) is 24.2. The Morgan fingerprint density at radius 1 is 1.47 bits per heavy atom. The molecule has 19 heavy (non-hydrogen) atoms. The number of ether oxygens (including phenoxy) is 1. The maximum absolute atomic E-state index is 12.3. The zero-order valence-electron chi connectivity index (χ0n) is 11.6. The Bertz CT molecular complexity index is 421. The largest absolute Gasteiger partial charge is 0.376 e. The van der Waals surface area contributed by atoms with Crippen LogP contribution in [0.3, 0.4) is 0 Å². The molecule has 1 aromatic rings. The van der Waals surface area contributed by atoms with E-state index in [1.807, 2.05) is 44.3 Å². The van der Waals surface area contributed by atoms with E-state index in [2.05, 4.69) is 0 Å². The van der Waals surface area contributed by atoms with Crippen LogP contribution in [-0.2, 0) is 16.0 Å². The number of rotatable bonds is 4. The van der Waals surface area contributed by atoms with Gasteiger partial charge in [-0.3, -0.25) is 4.79 Å². The van der Waals surface area contributed by atoms with Gasteiger partial charge >= 0.3 is 0 Å². The SMILES string of the molecule is CC1OCCC1N(C)C(=O)[C@H](N)Cc1ccccc1. The summed E-state index contributed by atoms with van der Waals surface area (Å²) in [4.78, 5) is 14.1. The Morgan fingerprint density at radius 2 is 2.16 bits per heavy atom. The fourth-order valence-corrected chi connectivity index (χ4v) is 2.61. The molecule has 1 amide bonds. The van der Waals surface area contributed by atoms with E-state index >= 15 is 0 Å². The van der Waals surface area contributed by atoms with Crippen molar-refractivity contribution in [3.63, 3.8) is 0 Å². The van der Waals surface area contributed by atoms with Crippen molar-refractivity contribution >= 4 is 5.91 Å². The van der Waals surface area contributed by atoms with Crippen LogP contribution in [0.25, 0.3) is 0 Å². The molecule has 1 aliphatic rings. The molecule has 0 aromatic heterocycles. The predicted octanol–water partition coefficient (Wildman–Crippen LogP) is 1.19. The summed E-state index contributed by atoms with van der Waals surface area (Å²) in [5, 5.41) is 0. The van der Waals surface area contributed by atoms with Crippen LogP contribution in [0, 0.1) is 0 Å². The van der Waals surface area contributed by atoms with E-state index in [0.717, 1.165) is 18.6 Å². The Kier molecular flexibility index (Phi) is 4.56. The van der Waals surface area contributed by atoms with Gasteiger partial charge in [-0.2, -0.15) is 0 Å². The van der Waals surface area contributed by atoms with Crippen LogP contribution in [0.1, 0.15) is 18.9 Å². The Labute approximate surface area is 114 Å². The van der Waals surface area contributed by atoms with Gasteiger partial charge in [-0.05, 0) is 25.3 Å². The van der Waals surface area contributed by atoms with E-state index in [4.69, 9.17) is 10.5 Å². The van der Waals surface area contributed by atoms with Crippen molar-refractivity contribution < 1.29 is 9.53 Å². The van der Waals surface area contributed by atoms with Gasteiger partial charge in [0, 0.05) is 13.7 Å². The van der Waals surface area contributed by atoms with Gasteiger partial charge in [0.1, 0.15) is 0 Å². The smallest absolute Gasteiger partial charge is 0.239 e. The van der Waals surface area contributed by atoms with Gasteiger partial charge in [-0.15, -0.1) is 0 Å². The van der Waals surface area contributed by atoms with Gasteiger partial charge in [0.25, 0.3) is 0 Å². The number of likely N-dealkylation sites (N-methyl/N-ethyl adjacent to an activating group) is 1. The summed E-state index contributed by atoms with van der Waals surface area (Å²) in [7, 11) is 1.82. The first kappa shape index (κ1) is 14.0. The number of hydrogen-bond acceptors (Lipinski definition) is 3. The van der Waals surface area contributed by atoms with E-state index < -0.39 is 6.04 Å². The fraction of sp³-hybridized carbons (Fsp3) is 0.533. The van der Waals surface area contributed by atoms with Gasteiger partial charge in [0.05, 0.1) is 18.2 Å². The molecular weight excluding hydrogens is 240 g/mol. The fourth-order valence-electron chi connectivity index (χ4n) is 2.61. The highest BCUT2D eigenvalue weighted by atomic mass is 16.5. The molecule has 4 heteroatoms. The monoisotopic (exact) mass is 262 g/mol. The van der Waals surface area contributed by atoms with Crippen LogP contribution in [0.15, 0.2) is 30.3 Å². The van der Waals surface area contributed by atoms with E-state index in [0.29, 0.717) is 6.42 Å². The minimum atomic E-state index is -0.486. The van der Waals surface area contributed by atoms with Gasteiger partial charge in [0.2, 0.25) is 5.91 Å². The number of nitrogens with zero attached hydrogens (tertiary/aromatic N) is 1. The molecule has 1 aliphatic heterocycles. The van der Waals surface area contributed by atoms with Crippen LogP contribution < -0.4 is 5.73 Å². The molecule has 2 rings (SSSR count).